The molecule has 1 aromatic carbocycles. The molecule has 1 atom stereocenters. The minimum atomic E-state index is -0.673. The molecule has 0 spiro atoms. The Morgan fingerprint density at radius 2 is 2.24 bits per heavy atom. The number of ether oxygens (including phenoxy) is 2. The Balaban J connectivity index is 2.30. The molecule has 1 aliphatic rings. The molecule has 1 aliphatic heterocycles. The molecule has 0 aromatic heterocycles. The van der Waals surface area contributed by atoms with Gasteiger partial charge in [-0.15, -0.1) is 0 Å². The van der Waals surface area contributed by atoms with Crippen molar-refractivity contribution in [3.05, 3.63) is 29.8 Å². The number of carbonyl (C=O) groups excluding carboxylic acids is 1. The summed E-state index contributed by atoms with van der Waals surface area (Å²) in [5.74, 6) is 0.677. The van der Waals surface area contributed by atoms with E-state index in [0.717, 1.165) is 12.8 Å². The van der Waals surface area contributed by atoms with Crippen LogP contribution in [0, 0.1) is 0 Å². The lowest BCUT2D eigenvalue weighted by Gasteiger charge is -2.22. The van der Waals surface area contributed by atoms with Crippen LogP contribution in [0.25, 0.3) is 0 Å². The van der Waals surface area contributed by atoms with Crippen LogP contribution in [0.3, 0.4) is 0 Å². The number of Topliss-reactive ketones (excluding diaryl/α,β-unsaturated/α-hetero) is 1. The van der Waals surface area contributed by atoms with E-state index < -0.39 is 5.60 Å². The van der Waals surface area contributed by atoms with Crippen molar-refractivity contribution in [1.29, 1.82) is 0 Å². The van der Waals surface area contributed by atoms with E-state index in [1.165, 1.54) is 0 Å². The molecule has 1 fully saturated rings. The molecule has 1 saturated heterocycles. The minimum absolute atomic E-state index is 0.0269. The molecule has 0 bridgehead atoms. The molecule has 0 N–H and O–H groups in total. The van der Waals surface area contributed by atoms with E-state index in [4.69, 9.17) is 9.47 Å². The van der Waals surface area contributed by atoms with Crippen molar-refractivity contribution in [2.24, 2.45) is 0 Å². The molecule has 1 aromatic rings. The molecule has 92 valence electrons. The summed E-state index contributed by atoms with van der Waals surface area (Å²) in [5.41, 5.74) is -0.0496. The number of rotatable bonds is 4. The summed E-state index contributed by atoms with van der Waals surface area (Å²) < 4.78 is 11.1. The second-order valence-corrected chi connectivity index (χ2v) is 4.44. The Kier molecular flexibility index (Phi) is 3.48. The standard InChI is InChI=1S/C14H18O3/c1-3-16-12-8-5-4-7-11(12)13(15)14(2)9-6-10-17-14/h4-5,7-8H,3,6,9-10H2,1-2H3. The highest BCUT2D eigenvalue weighted by Crippen LogP contribution is 2.32. The van der Waals surface area contributed by atoms with Gasteiger partial charge in [0.2, 0.25) is 0 Å². The smallest absolute Gasteiger partial charge is 0.198 e. The topological polar surface area (TPSA) is 35.5 Å². The van der Waals surface area contributed by atoms with Crippen LogP contribution in [-0.2, 0) is 4.74 Å². The van der Waals surface area contributed by atoms with E-state index in [-0.39, 0.29) is 5.78 Å². The highest BCUT2D eigenvalue weighted by Gasteiger charge is 2.39. The van der Waals surface area contributed by atoms with Gasteiger partial charge in [-0.1, -0.05) is 12.1 Å². The molecular weight excluding hydrogens is 216 g/mol. The van der Waals surface area contributed by atoms with Gasteiger partial charge < -0.3 is 9.47 Å². The summed E-state index contributed by atoms with van der Waals surface area (Å²) >= 11 is 0. The molecule has 0 radical (unpaired) electrons. The van der Waals surface area contributed by atoms with Crippen molar-refractivity contribution in [3.8, 4) is 5.75 Å². The quantitative estimate of drug-likeness (QED) is 0.751. The number of para-hydroxylation sites is 1. The van der Waals surface area contributed by atoms with Gasteiger partial charge in [0, 0.05) is 6.61 Å². The number of ketones is 1. The largest absolute Gasteiger partial charge is 0.493 e. The van der Waals surface area contributed by atoms with E-state index in [1.807, 2.05) is 32.0 Å². The van der Waals surface area contributed by atoms with Crippen LogP contribution in [0.2, 0.25) is 0 Å². The SMILES string of the molecule is CCOc1ccccc1C(=O)C1(C)CCCO1. The van der Waals surface area contributed by atoms with E-state index in [2.05, 4.69) is 0 Å². The average Bonchev–Trinajstić information content (AvgIpc) is 2.78. The summed E-state index contributed by atoms with van der Waals surface area (Å²) in [6, 6.07) is 7.36. The van der Waals surface area contributed by atoms with Crippen LogP contribution in [0.5, 0.6) is 5.75 Å². The van der Waals surface area contributed by atoms with Crippen molar-refractivity contribution >= 4 is 5.78 Å². The van der Waals surface area contributed by atoms with Crippen LogP contribution in [0.15, 0.2) is 24.3 Å². The van der Waals surface area contributed by atoms with E-state index in [1.54, 1.807) is 6.07 Å². The first-order valence-electron chi connectivity index (χ1n) is 6.08. The van der Waals surface area contributed by atoms with Gasteiger partial charge >= 0.3 is 0 Å². The number of hydrogen-bond donors (Lipinski definition) is 0. The predicted molar refractivity (Wildman–Crippen MR) is 65.5 cm³/mol. The van der Waals surface area contributed by atoms with Crippen molar-refractivity contribution in [3.63, 3.8) is 0 Å². The number of benzene rings is 1. The molecular formula is C14H18O3. The van der Waals surface area contributed by atoms with Gasteiger partial charge in [-0.05, 0) is 38.8 Å². The highest BCUT2D eigenvalue weighted by atomic mass is 16.5. The van der Waals surface area contributed by atoms with Gasteiger partial charge in [-0.3, -0.25) is 4.79 Å². The third kappa shape index (κ3) is 2.34. The lowest BCUT2D eigenvalue weighted by Crippen LogP contribution is -2.34. The fourth-order valence-corrected chi connectivity index (χ4v) is 2.18. The monoisotopic (exact) mass is 234 g/mol. The van der Waals surface area contributed by atoms with Gasteiger partial charge in [0.25, 0.3) is 0 Å². The van der Waals surface area contributed by atoms with Crippen LogP contribution >= 0.6 is 0 Å². The fraction of sp³-hybridized carbons (Fsp3) is 0.500. The summed E-state index contributed by atoms with van der Waals surface area (Å²) in [5, 5.41) is 0. The number of carbonyl (C=O) groups is 1. The van der Waals surface area contributed by atoms with E-state index >= 15 is 0 Å². The lowest BCUT2D eigenvalue weighted by atomic mass is 9.91. The summed E-state index contributed by atoms with van der Waals surface area (Å²) in [6.07, 6.45) is 1.73. The van der Waals surface area contributed by atoms with Crippen LogP contribution in [-0.4, -0.2) is 24.6 Å². The summed E-state index contributed by atoms with van der Waals surface area (Å²) in [6.45, 7) is 5.00. The third-order valence-electron chi connectivity index (χ3n) is 3.13. The Morgan fingerprint density at radius 3 is 2.88 bits per heavy atom. The van der Waals surface area contributed by atoms with Gasteiger partial charge in [-0.25, -0.2) is 0 Å². The van der Waals surface area contributed by atoms with E-state index in [0.29, 0.717) is 24.5 Å². The first-order valence-corrected chi connectivity index (χ1v) is 6.08. The highest BCUT2D eigenvalue weighted by molar-refractivity contribution is 6.04. The molecule has 1 unspecified atom stereocenters. The molecule has 0 amide bonds. The van der Waals surface area contributed by atoms with Crippen molar-refractivity contribution in [1.82, 2.24) is 0 Å². The van der Waals surface area contributed by atoms with Crippen molar-refractivity contribution in [2.75, 3.05) is 13.2 Å². The van der Waals surface area contributed by atoms with Crippen molar-refractivity contribution < 1.29 is 14.3 Å². The predicted octanol–water partition coefficient (Wildman–Crippen LogP) is 2.84. The first-order chi connectivity index (χ1) is 8.17. The maximum Gasteiger partial charge on any atom is 0.198 e. The fourth-order valence-electron chi connectivity index (χ4n) is 2.18. The zero-order chi connectivity index (χ0) is 12.3. The Bertz CT molecular complexity index is 406. The average molecular weight is 234 g/mol. The zero-order valence-corrected chi connectivity index (χ0v) is 10.4. The van der Waals surface area contributed by atoms with E-state index in [9.17, 15) is 4.79 Å². The Morgan fingerprint density at radius 1 is 1.47 bits per heavy atom. The Hall–Kier alpha value is -1.35. The van der Waals surface area contributed by atoms with Crippen molar-refractivity contribution in [2.45, 2.75) is 32.3 Å². The normalized spacial score (nSPS) is 23.6. The van der Waals surface area contributed by atoms with Gasteiger partial charge in [0.1, 0.15) is 11.4 Å². The molecule has 0 aliphatic carbocycles. The minimum Gasteiger partial charge on any atom is -0.493 e. The molecule has 3 nitrogen and oxygen atoms in total. The molecule has 2 rings (SSSR count). The maximum absolute atomic E-state index is 12.5. The first kappa shape index (κ1) is 12.1. The van der Waals surface area contributed by atoms with Crippen LogP contribution in [0.4, 0.5) is 0 Å². The van der Waals surface area contributed by atoms with Gasteiger partial charge in [-0.2, -0.15) is 0 Å². The molecule has 1 heterocycles. The third-order valence-corrected chi connectivity index (χ3v) is 3.13. The summed E-state index contributed by atoms with van der Waals surface area (Å²) in [7, 11) is 0. The molecule has 0 saturated carbocycles. The Labute approximate surface area is 102 Å². The van der Waals surface area contributed by atoms with Gasteiger partial charge in [0.05, 0.1) is 12.2 Å². The number of hydrogen-bond acceptors (Lipinski definition) is 3. The van der Waals surface area contributed by atoms with Gasteiger partial charge in [0.15, 0.2) is 5.78 Å². The summed E-state index contributed by atoms with van der Waals surface area (Å²) in [4.78, 5) is 12.5. The van der Waals surface area contributed by atoms with Crippen LogP contribution < -0.4 is 4.74 Å². The zero-order valence-electron chi connectivity index (χ0n) is 10.4. The molecule has 3 heteroatoms. The second kappa shape index (κ2) is 4.88. The lowest BCUT2D eigenvalue weighted by molar-refractivity contribution is 0.0211. The van der Waals surface area contributed by atoms with Crippen LogP contribution in [0.1, 0.15) is 37.0 Å². The maximum atomic E-state index is 12.5. The molecule has 17 heavy (non-hydrogen) atoms. The second-order valence-electron chi connectivity index (χ2n) is 4.44.